The monoisotopic (exact) mass is 254 g/mol. The smallest absolute Gasteiger partial charge is 0.0158 e. The summed E-state index contributed by atoms with van der Waals surface area (Å²) in [7, 11) is 2.29. The molecule has 1 unspecified atom stereocenters. The van der Waals surface area contributed by atoms with Gasteiger partial charge in [0, 0.05) is 11.1 Å². The number of rotatable bonds is 5. The van der Waals surface area contributed by atoms with E-state index in [2.05, 4.69) is 46.6 Å². The number of nitrogens with zero attached hydrogens (tertiary/aromatic N) is 1. The first-order valence-corrected chi connectivity index (χ1v) is 7.68. The van der Waals surface area contributed by atoms with Crippen molar-refractivity contribution in [3.8, 4) is 0 Å². The van der Waals surface area contributed by atoms with Gasteiger partial charge in [0.25, 0.3) is 0 Å². The van der Waals surface area contributed by atoms with Crippen LogP contribution in [0.3, 0.4) is 0 Å². The Balaban J connectivity index is 2.83. The second kappa shape index (κ2) is 5.92. The van der Waals surface area contributed by atoms with E-state index >= 15 is 0 Å². The second-order valence-corrected chi connectivity index (χ2v) is 7.48. The molecule has 0 aromatic rings. The fourth-order valence-corrected chi connectivity index (χ4v) is 3.98. The summed E-state index contributed by atoms with van der Waals surface area (Å²) in [5.74, 6) is 1.67. The third-order valence-corrected chi connectivity index (χ3v) is 5.20. The van der Waals surface area contributed by atoms with Gasteiger partial charge in [0.2, 0.25) is 0 Å². The molecule has 18 heavy (non-hydrogen) atoms. The lowest BCUT2D eigenvalue weighted by Crippen LogP contribution is -2.59. The van der Waals surface area contributed by atoms with Crippen LogP contribution in [0, 0.1) is 11.8 Å². The molecule has 0 aromatic heterocycles. The normalized spacial score (nSPS) is 26.2. The molecule has 1 atom stereocenters. The molecular weight excluding hydrogens is 220 g/mol. The largest absolute Gasteiger partial charge is 0.330 e. The second-order valence-electron chi connectivity index (χ2n) is 7.48. The fourth-order valence-electron chi connectivity index (χ4n) is 3.98. The minimum atomic E-state index is 0.313. The van der Waals surface area contributed by atoms with Crippen LogP contribution in [-0.2, 0) is 0 Å². The zero-order valence-electron chi connectivity index (χ0n) is 13.4. The molecule has 1 heterocycles. The van der Waals surface area contributed by atoms with Crippen LogP contribution in [0.15, 0.2) is 0 Å². The maximum absolute atomic E-state index is 5.82. The van der Waals surface area contributed by atoms with Gasteiger partial charge >= 0.3 is 0 Å². The maximum Gasteiger partial charge on any atom is 0.0158 e. The topological polar surface area (TPSA) is 29.3 Å². The zero-order chi connectivity index (χ0) is 14.0. The lowest BCUT2D eigenvalue weighted by molar-refractivity contribution is -0.0459. The Morgan fingerprint density at radius 3 is 2.00 bits per heavy atom. The summed E-state index contributed by atoms with van der Waals surface area (Å²) >= 11 is 0. The van der Waals surface area contributed by atoms with Crippen molar-refractivity contribution in [3.05, 3.63) is 0 Å². The zero-order valence-corrected chi connectivity index (χ0v) is 13.4. The molecule has 108 valence electrons. The first-order chi connectivity index (χ1) is 8.24. The highest BCUT2D eigenvalue weighted by molar-refractivity contribution is 4.99. The summed E-state index contributed by atoms with van der Waals surface area (Å²) in [5, 5.41) is 0. The van der Waals surface area contributed by atoms with Crippen LogP contribution in [0.4, 0.5) is 0 Å². The Labute approximate surface area is 114 Å². The number of hydrogen-bond acceptors (Lipinski definition) is 2. The van der Waals surface area contributed by atoms with Crippen molar-refractivity contribution in [2.45, 2.75) is 77.8 Å². The van der Waals surface area contributed by atoms with Gasteiger partial charge in [0.15, 0.2) is 0 Å². The highest BCUT2D eigenvalue weighted by Crippen LogP contribution is 2.44. The van der Waals surface area contributed by atoms with Gasteiger partial charge in [-0.05, 0) is 72.4 Å². The lowest BCUT2D eigenvalue weighted by Gasteiger charge is -2.55. The van der Waals surface area contributed by atoms with E-state index in [0.717, 1.165) is 18.4 Å². The molecule has 0 amide bonds. The molecule has 0 spiro atoms. The molecule has 1 aliphatic heterocycles. The van der Waals surface area contributed by atoms with Crippen LogP contribution in [0.1, 0.15) is 66.7 Å². The predicted molar refractivity (Wildman–Crippen MR) is 80.7 cm³/mol. The number of nitrogens with two attached hydrogens (primary N) is 1. The van der Waals surface area contributed by atoms with E-state index < -0.39 is 0 Å². The lowest BCUT2D eigenvalue weighted by atomic mass is 9.68. The average molecular weight is 254 g/mol. The molecule has 1 rings (SSSR count). The van der Waals surface area contributed by atoms with E-state index in [1.165, 1.54) is 32.1 Å². The summed E-state index contributed by atoms with van der Waals surface area (Å²) in [5.41, 5.74) is 6.44. The van der Waals surface area contributed by atoms with Crippen LogP contribution in [-0.4, -0.2) is 29.6 Å². The Hall–Kier alpha value is -0.0800. The van der Waals surface area contributed by atoms with Gasteiger partial charge in [-0.15, -0.1) is 0 Å². The first-order valence-electron chi connectivity index (χ1n) is 7.68. The van der Waals surface area contributed by atoms with Crippen LogP contribution in [0.2, 0.25) is 0 Å². The SMILES string of the molecule is CCCC(CCN)C1CC(C)(C)N(C)C(C)(C)C1. The van der Waals surface area contributed by atoms with Crippen molar-refractivity contribution >= 4 is 0 Å². The highest BCUT2D eigenvalue weighted by atomic mass is 15.2. The van der Waals surface area contributed by atoms with Crippen molar-refractivity contribution in [2.24, 2.45) is 17.6 Å². The van der Waals surface area contributed by atoms with E-state index in [0.29, 0.717) is 11.1 Å². The third-order valence-electron chi connectivity index (χ3n) is 5.20. The van der Waals surface area contributed by atoms with Crippen LogP contribution < -0.4 is 5.73 Å². The summed E-state index contributed by atoms with van der Waals surface area (Å²) in [6, 6.07) is 0. The predicted octanol–water partition coefficient (Wildman–Crippen LogP) is 3.65. The van der Waals surface area contributed by atoms with Gasteiger partial charge < -0.3 is 5.73 Å². The molecule has 0 aliphatic carbocycles. The van der Waals surface area contributed by atoms with E-state index in [1.54, 1.807) is 0 Å². The standard InChI is InChI=1S/C16H34N2/c1-7-8-13(9-10-17)14-11-15(2,3)18(6)16(4,5)12-14/h13-14H,7-12,17H2,1-6H3. The molecule has 2 heteroatoms. The molecule has 0 saturated carbocycles. The summed E-state index contributed by atoms with van der Waals surface area (Å²) < 4.78 is 0. The van der Waals surface area contributed by atoms with Gasteiger partial charge in [0.05, 0.1) is 0 Å². The van der Waals surface area contributed by atoms with Gasteiger partial charge in [-0.3, -0.25) is 4.90 Å². The number of piperidine rings is 1. The van der Waals surface area contributed by atoms with Crippen molar-refractivity contribution < 1.29 is 0 Å². The number of likely N-dealkylation sites (tertiary alicyclic amines) is 1. The van der Waals surface area contributed by atoms with Crippen molar-refractivity contribution in [1.29, 1.82) is 0 Å². The molecule has 1 fully saturated rings. The van der Waals surface area contributed by atoms with Crippen molar-refractivity contribution in [3.63, 3.8) is 0 Å². The highest BCUT2D eigenvalue weighted by Gasteiger charge is 2.44. The van der Waals surface area contributed by atoms with E-state index in [-0.39, 0.29) is 0 Å². The molecule has 0 radical (unpaired) electrons. The quantitative estimate of drug-likeness (QED) is 0.811. The maximum atomic E-state index is 5.82. The van der Waals surface area contributed by atoms with Crippen LogP contribution >= 0.6 is 0 Å². The average Bonchev–Trinajstić information content (AvgIpc) is 2.24. The molecule has 2 nitrogen and oxygen atoms in total. The molecule has 1 saturated heterocycles. The third kappa shape index (κ3) is 3.48. The fraction of sp³-hybridized carbons (Fsp3) is 1.00. The van der Waals surface area contributed by atoms with Gasteiger partial charge in [-0.2, -0.15) is 0 Å². The van der Waals surface area contributed by atoms with E-state index in [1.807, 2.05) is 0 Å². The van der Waals surface area contributed by atoms with Crippen molar-refractivity contribution in [2.75, 3.05) is 13.6 Å². The molecular formula is C16H34N2. The van der Waals surface area contributed by atoms with E-state index in [9.17, 15) is 0 Å². The van der Waals surface area contributed by atoms with Gasteiger partial charge in [0.1, 0.15) is 0 Å². The molecule has 0 aromatic carbocycles. The van der Waals surface area contributed by atoms with E-state index in [4.69, 9.17) is 5.73 Å². The van der Waals surface area contributed by atoms with Gasteiger partial charge in [-0.1, -0.05) is 19.8 Å². The summed E-state index contributed by atoms with van der Waals surface area (Å²) in [4.78, 5) is 2.57. The Morgan fingerprint density at radius 1 is 1.11 bits per heavy atom. The van der Waals surface area contributed by atoms with Crippen molar-refractivity contribution in [1.82, 2.24) is 4.90 Å². The Bertz CT molecular complexity index is 234. The van der Waals surface area contributed by atoms with Gasteiger partial charge in [-0.25, -0.2) is 0 Å². The summed E-state index contributed by atoms with van der Waals surface area (Å²) in [6.07, 6.45) is 6.47. The Morgan fingerprint density at radius 2 is 1.61 bits per heavy atom. The van der Waals surface area contributed by atoms with Crippen LogP contribution in [0.5, 0.6) is 0 Å². The van der Waals surface area contributed by atoms with Crippen LogP contribution in [0.25, 0.3) is 0 Å². The minimum Gasteiger partial charge on any atom is -0.330 e. The number of hydrogen-bond donors (Lipinski definition) is 1. The molecule has 0 bridgehead atoms. The first kappa shape index (κ1) is 16.0. The molecule has 2 N–H and O–H groups in total. The Kier molecular flexibility index (Phi) is 5.25. The summed E-state index contributed by atoms with van der Waals surface area (Å²) in [6.45, 7) is 12.7. The molecule has 1 aliphatic rings. The minimum absolute atomic E-state index is 0.313.